The van der Waals surface area contributed by atoms with E-state index in [-0.39, 0.29) is 17.8 Å². The SMILES string of the molecule is CC(C)C(C)(C)C[C@H]([NH3+])C(=O)O.[Cl-]. The average molecular weight is 210 g/mol. The van der Waals surface area contributed by atoms with Gasteiger partial charge >= 0.3 is 5.97 Å². The lowest BCUT2D eigenvalue weighted by Crippen LogP contribution is -3.00. The Morgan fingerprint density at radius 1 is 1.46 bits per heavy atom. The summed E-state index contributed by atoms with van der Waals surface area (Å²) in [5.74, 6) is -0.315. The van der Waals surface area contributed by atoms with Gasteiger partial charge in [0.25, 0.3) is 0 Å². The van der Waals surface area contributed by atoms with E-state index in [1.165, 1.54) is 0 Å². The molecule has 0 fully saturated rings. The molecule has 0 aromatic rings. The Kier molecular flexibility index (Phi) is 6.37. The van der Waals surface area contributed by atoms with Gasteiger partial charge in [-0.25, -0.2) is 4.79 Å². The van der Waals surface area contributed by atoms with Crippen LogP contribution in [0.5, 0.6) is 0 Å². The number of carboxylic acids is 1. The first kappa shape index (κ1) is 15.2. The van der Waals surface area contributed by atoms with Crippen LogP contribution in [0.2, 0.25) is 0 Å². The minimum Gasteiger partial charge on any atom is -1.00 e. The molecule has 0 bridgehead atoms. The number of carbonyl (C=O) groups is 1. The Balaban J connectivity index is 0. The molecule has 0 unspecified atom stereocenters. The Morgan fingerprint density at radius 3 is 2.08 bits per heavy atom. The maximum Gasteiger partial charge on any atom is 0.362 e. The number of aliphatic carboxylic acids is 1. The molecular formula is C9H20ClNO2. The molecule has 0 aromatic carbocycles. The third kappa shape index (κ3) is 5.11. The number of carboxylic acid groups (broad SMARTS) is 1. The van der Waals surface area contributed by atoms with Gasteiger partial charge in [-0.05, 0) is 11.3 Å². The standard InChI is InChI=1S/C9H19NO2.ClH/c1-6(2)9(3,4)5-7(10)8(11)12;/h6-7H,5,10H2,1-4H3,(H,11,12);1H/t7-;/m0./s1. The molecule has 0 aliphatic heterocycles. The van der Waals surface area contributed by atoms with E-state index >= 15 is 0 Å². The molecule has 4 N–H and O–H groups in total. The Hall–Kier alpha value is -0.280. The second-order valence-corrected chi connectivity index (χ2v) is 4.38. The van der Waals surface area contributed by atoms with Crippen LogP contribution in [0.4, 0.5) is 0 Å². The molecule has 1 atom stereocenters. The van der Waals surface area contributed by atoms with Crippen LogP contribution in [0, 0.1) is 11.3 Å². The monoisotopic (exact) mass is 209 g/mol. The van der Waals surface area contributed by atoms with Crippen molar-refractivity contribution in [2.75, 3.05) is 0 Å². The van der Waals surface area contributed by atoms with Crippen LogP contribution in [0.25, 0.3) is 0 Å². The van der Waals surface area contributed by atoms with Crippen molar-refractivity contribution in [2.45, 2.75) is 40.2 Å². The van der Waals surface area contributed by atoms with Crippen molar-refractivity contribution in [3.8, 4) is 0 Å². The fourth-order valence-electron chi connectivity index (χ4n) is 0.958. The van der Waals surface area contributed by atoms with Gasteiger partial charge in [0.1, 0.15) is 0 Å². The van der Waals surface area contributed by atoms with Gasteiger partial charge in [0.2, 0.25) is 0 Å². The summed E-state index contributed by atoms with van der Waals surface area (Å²) in [6.07, 6.45) is 0.639. The maximum absolute atomic E-state index is 10.5. The van der Waals surface area contributed by atoms with Gasteiger partial charge in [-0.1, -0.05) is 27.7 Å². The summed E-state index contributed by atoms with van der Waals surface area (Å²) in [6, 6.07) is -0.484. The van der Waals surface area contributed by atoms with Crippen LogP contribution in [0.3, 0.4) is 0 Å². The minimum absolute atomic E-state index is 0. The summed E-state index contributed by atoms with van der Waals surface area (Å²) in [7, 11) is 0. The highest BCUT2D eigenvalue weighted by Gasteiger charge is 2.30. The number of rotatable bonds is 4. The molecule has 80 valence electrons. The van der Waals surface area contributed by atoms with Gasteiger partial charge in [-0.2, -0.15) is 0 Å². The number of halogens is 1. The van der Waals surface area contributed by atoms with Crippen molar-refractivity contribution in [3.63, 3.8) is 0 Å². The van der Waals surface area contributed by atoms with E-state index in [0.29, 0.717) is 12.3 Å². The zero-order chi connectivity index (χ0) is 9.94. The predicted octanol–water partition coefficient (Wildman–Crippen LogP) is -2.24. The van der Waals surface area contributed by atoms with Gasteiger partial charge in [0, 0.05) is 6.42 Å². The summed E-state index contributed by atoms with van der Waals surface area (Å²) in [4.78, 5) is 10.5. The normalized spacial score (nSPS) is 13.7. The number of hydrogen-bond acceptors (Lipinski definition) is 1. The van der Waals surface area contributed by atoms with Gasteiger partial charge in [0.15, 0.2) is 6.04 Å². The molecule has 4 heteroatoms. The molecule has 0 amide bonds. The average Bonchev–Trinajstić information content (AvgIpc) is 1.85. The molecule has 0 heterocycles. The molecule has 0 aliphatic carbocycles. The third-order valence-electron chi connectivity index (χ3n) is 2.68. The predicted molar refractivity (Wildman–Crippen MR) is 47.5 cm³/mol. The number of quaternary nitrogens is 1. The highest BCUT2D eigenvalue weighted by Crippen LogP contribution is 2.30. The molecule has 3 nitrogen and oxygen atoms in total. The van der Waals surface area contributed by atoms with Crippen molar-refractivity contribution in [3.05, 3.63) is 0 Å². The highest BCUT2D eigenvalue weighted by atomic mass is 35.5. The van der Waals surface area contributed by atoms with Gasteiger partial charge in [-0.15, -0.1) is 0 Å². The van der Waals surface area contributed by atoms with Gasteiger partial charge < -0.3 is 23.2 Å². The zero-order valence-electron chi connectivity index (χ0n) is 8.80. The van der Waals surface area contributed by atoms with E-state index in [2.05, 4.69) is 33.4 Å². The molecule has 0 saturated heterocycles. The molecule has 0 radical (unpaired) electrons. The fraction of sp³-hybridized carbons (Fsp3) is 0.889. The van der Waals surface area contributed by atoms with Gasteiger partial charge in [0.05, 0.1) is 0 Å². The lowest BCUT2D eigenvalue weighted by molar-refractivity contribution is -0.413. The highest BCUT2D eigenvalue weighted by molar-refractivity contribution is 5.71. The van der Waals surface area contributed by atoms with Gasteiger partial charge in [-0.3, -0.25) is 0 Å². The van der Waals surface area contributed by atoms with Crippen LogP contribution in [0.1, 0.15) is 34.1 Å². The molecule has 0 spiro atoms. The zero-order valence-corrected chi connectivity index (χ0v) is 9.56. The summed E-state index contributed by atoms with van der Waals surface area (Å²) in [5, 5.41) is 8.66. The summed E-state index contributed by atoms with van der Waals surface area (Å²) >= 11 is 0. The molecule has 13 heavy (non-hydrogen) atoms. The first-order chi connectivity index (χ1) is 5.27. The van der Waals surface area contributed by atoms with Crippen molar-refractivity contribution in [2.24, 2.45) is 11.3 Å². The first-order valence-electron chi connectivity index (χ1n) is 4.33. The first-order valence-corrected chi connectivity index (χ1v) is 4.33. The van der Waals surface area contributed by atoms with E-state index in [9.17, 15) is 4.79 Å². The van der Waals surface area contributed by atoms with Crippen LogP contribution < -0.4 is 18.1 Å². The van der Waals surface area contributed by atoms with Crippen LogP contribution >= 0.6 is 0 Å². The Labute approximate surface area is 86.1 Å². The summed E-state index contributed by atoms with van der Waals surface area (Å²) in [6.45, 7) is 8.38. The fourth-order valence-corrected chi connectivity index (χ4v) is 0.958. The maximum atomic E-state index is 10.5. The summed E-state index contributed by atoms with van der Waals surface area (Å²) < 4.78 is 0. The number of hydrogen-bond donors (Lipinski definition) is 2. The van der Waals surface area contributed by atoms with Crippen LogP contribution in [-0.2, 0) is 4.79 Å². The second kappa shape index (κ2) is 5.45. The van der Waals surface area contributed by atoms with Crippen molar-refractivity contribution in [1.82, 2.24) is 0 Å². The lowest BCUT2D eigenvalue weighted by Gasteiger charge is -2.29. The Bertz CT molecular complexity index is 169. The van der Waals surface area contributed by atoms with E-state index in [1.54, 1.807) is 0 Å². The second-order valence-electron chi connectivity index (χ2n) is 4.38. The smallest absolute Gasteiger partial charge is 0.362 e. The molecule has 0 rings (SSSR count). The Morgan fingerprint density at radius 2 is 1.85 bits per heavy atom. The largest absolute Gasteiger partial charge is 1.00 e. The quantitative estimate of drug-likeness (QED) is 0.550. The van der Waals surface area contributed by atoms with E-state index in [1.807, 2.05) is 0 Å². The molecule has 0 saturated carbocycles. The van der Waals surface area contributed by atoms with Crippen molar-refractivity contribution in [1.29, 1.82) is 0 Å². The van der Waals surface area contributed by atoms with Crippen molar-refractivity contribution < 1.29 is 28.0 Å². The molecule has 0 aliphatic rings. The topological polar surface area (TPSA) is 64.9 Å². The lowest BCUT2D eigenvalue weighted by atomic mass is 9.76. The van der Waals surface area contributed by atoms with Crippen molar-refractivity contribution >= 4 is 5.97 Å². The van der Waals surface area contributed by atoms with E-state index < -0.39 is 12.0 Å². The minimum atomic E-state index is -0.802. The molecule has 0 aromatic heterocycles. The van der Waals surface area contributed by atoms with E-state index in [4.69, 9.17) is 5.11 Å². The van der Waals surface area contributed by atoms with Crippen LogP contribution in [0.15, 0.2) is 0 Å². The third-order valence-corrected chi connectivity index (χ3v) is 2.68. The van der Waals surface area contributed by atoms with Crippen LogP contribution in [-0.4, -0.2) is 17.1 Å². The summed E-state index contributed by atoms with van der Waals surface area (Å²) in [5.41, 5.74) is 3.67. The van der Waals surface area contributed by atoms with E-state index in [0.717, 1.165) is 0 Å². The molecular weight excluding hydrogens is 190 g/mol.